The number of hydrogen-bond acceptors (Lipinski definition) is 0. The maximum Gasteiger partial charge on any atom is 0.0629 e. The van der Waals surface area contributed by atoms with Crippen LogP contribution in [0.2, 0.25) is 0 Å². The Morgan fingerprint density at radius 2 is 0.346 bits per heavy atom. The van der Waals surface area contributed by atoms with E-state index >= 15 is 0 Å². The van der Waals surface area contributed by atoms with Gasteiger partial charge in [0.05, 0.1) is 6.85 Å². The predicted molar refractivity (Wildman–Crippen MR) is 574 cm³/mol. The van der Waals surface area contributed by atoms with Gasteiger partial charge in [-0.25, -0.2) is 0 Å². The lowest BCUT2D eigenvalue weighted by molar-refractivity contribution is 1.50. The number of benzene rings is 26. The fraction of sp³-hybridized carbons (Fsp3) is 0.00752. The Labute approximate surface area is 781 Å². The van der Waals surface area contributed by atoms with E-state index in [2.05, 4.69) is 468 Å². The molecular weight excluding hydrogens is 1600 g/mol. The van der Waals surface area contributed by atoms with Gasteiger partial charge in [-0.3, -0.25) is 0 Å². The van der Waals surface area contributed by atoms with Gasteiger partial charge >= 0.3 is 0 Å². The van der Waals surface area contributed by atoms with Gasteiger partial charge in [-0.05, 0) is 301 Å². The van der Waals surface area contributed by atoms with Crippen molar-refractivity contribution in [2.45, 2.75) is 6.92 Å². The summed E-state index contributed by atoms with van der Waals surface area (Å²) in [6, 6.07) is 174. The second kappa shape index (κ2) is 34.1. The lowest BCUT2D eigenvalue weighted by atomic mass is 9.84. The minimum absolute atomic E-state index is 0.201. The molecule has 0 spiro atoms. The molecule has 0 aliphatic carbocycles. The Balaban J connectivity index is 0.000000113. The van der Waals surface area contributed by atoms with Gasteiger partial charge < -0.3 is 0 Å². The third-order valence-corrected chi connectivity index (χ3v) is 27.0. The fourth-order valence-corrected chi connectivity index (χ4v) is 20.8. The second-order valence-corrected chi connectivity index (χ2v) is 34.8. The summed E-state index contributed by atoms with van der Waals surface area (Å²) in [5.41, 5.74) is 26.5. The van der Waals surface area contributed by atoms with Gasteiger partial charge in [-0.2, -0.15) is 0 Å². The highest BCUT2D eigenvalue weighted by atomic mass is 14.3. The molecule has 0 N–H and O–H groups in total. The highest BCUT2D eigenvalue weighted by molar-refractivity contribution is 6.27. The van der Waals surface area contributed by atoms with Crippen molar-refractivity contribution in [3.8, 4) is 122 Å². The molecule has 0 aliphatic heterocycles. The van der Waals surface area contributed by atoms with Crippen LogP contribution in [0, 0.1) is 6.92 Å². The normalized spacial score (nSPS) is 12.0. The SMILES string of the molecule is Cc1ccc2cc(-c3ccc4cccc(-c5c6ccccc6c(-c6ccccc6)c6ccccc56)c4c3)ccc2c1.[2H]c1c([2H])c([2H])c(-c2ccc(-c3c4ccccc4c(-c4cccc5ccc(-c6ccc7ccccc7c6)cc45)c4ccccc34)cc2)c([2H])c1[2H].c1ccc(-c2ccc3cc(-c4ccc5cccc(-c6c7ccccc7c(-c7ccccc7)c7ccccc67)c5c4)ccc3c2)cc1. The first-order chi connectivity index (χ1) is 67.9. The van der Waals surface area contributed by atoms with E-state index in [0.29, 0.717) is 5.56 Å². The Bertz CT molecular complexity index is 9190. The van der Waals surface area contributed by atoms with E-state index < -0.39 is 0 Å². The molecular formula is C133H88. The summed E-state index contributed by atoms with van der Waals surface area (Å²) >= 11 is 0. The summed E-state index contributed by atoms with van der Waals surface area (Å²) in [6.45, 7) is 2.15. The third kappa shape index (κ3) is 14.7. The summed E-state index contributed by atoms with van der Waals surface area (Å²) in [4.78, 5) is 0. The zero-order valence-electron chi connectivity index (χ0n) is 78.2. The first-order valence-corrected chi connectivity index (χ1v) is 45.7. The van der Waals surface area contributed by atoms with Gasteiger partial charge in [-0.1, -0.05) is 479 Å². The summed E-state index contributed by atoms with van der Waals surface area (Å²) < 4.78 is 41.3. The van der Waals surface area contributed by atoms with Crippen molar-refractivity contribution in [1.29, 1.82) is 0 Å². The zero-order chi connectivity index (χ0) is 92.6. The van der Waals surface area contributed by atoms with Crippen molar-refractivity contribution in [2.75, 3.05) is 0 Å². The van der Waals surface area contributed by atoms with Crippen molar-refractivity contribution < 1.29 is 6.85 Å². The van der Waals surface area contributed by atoms with Crippen LogP contribution in [0.3, 0.4) is 0 Å². The molecule has 0 saturated carbocycles. The van der Waals surface area contributed by atoms with E-state index in [9.17, 15) is 0 Å². The van der Waals surface area contributed by atoms with Crippen LogP contribution >= 0.6 is 0 Å². The molecule has 133 heavy (non-hydrogen) atoms. The van der Waals surface area contributed by atoms with Crippen LogP contribution in [0.1, 0.15) is 12.4 Å². The van der Waals surface area contributed by atoms with E-state index in [0.717, 1.165) is 32.7 Å². The molecule has 0 heterocycles. The summed E-state index contributed by atoms with van der Waals surface area (Å²) in [5.74, 6) is 0. The standard InChI is InChI=1S/2C46H30.C41H28/c1-3-12-31(13-4-1)34-24-25-36-29-37(27-26-35(36)28-34)38-23-22-32-16-11-21-43(44(32)30-38)46-41-19-9-7-17-39(41)45(33-14-5-2-6-15-33)40-18-8-10-20-42(40)46;1-2-11-31(12-3-1)33-21-25-35(26-22-33)45-39-16-6-8-18-41(39)46(42-19-9-7-17-40(42)45)43-20-10-15-34-24-28-38(30-44(34)43)37-27-23-32-13-4-5-14-36(32)29-37;1-27-18-19-31-25-32(23-22-30(31)24-27)33-21-20-28-12-9-17-38(39(28)26-33)41-36-15-7-5-13-34(36)40(29-10-3-2-4-11-29)35-14-6-8-16-37(35)41/h2*1-30H;2-26H,1H3/i;1D,2D,3D,11D,12D;. The lowest BCUT2D eigenvalue weighted by Crippen LogP contribution is -1.92. The minimum atomic E-state index is -0.389. The van der Waals surface area contributed by atoms with Crippen molar-refractivity contribution in [1.82, 2.24) is 0 Å². The number of aryl methyl sites for hydroxylation is 1. The number of rotatable bonds is 11. The van der Waals surface area contributed by atoms with Crippen LogP contribution in [-0.2, 0) is 0 Å². The Hall–Kier alpha value is -17.2. The summed E-state index contributed by atoms with van der Waals surface area (Å²) in [7, 11) is 0. The van der Waals surface area contributed by atoms with Gasteiger partial charge in [0.2, 0.25) is 0 Å². The molecule has 0 bridgehead atoms. The molecule has 0 nitrogen and oxygen atoms in total. The largest absolute Gasteiger partial charge is 0.0629 e. The van der Waals surface area contributed by atoms with Gasteiger partial charge in [0.25, 0.3) is 0 Å². The third-order valence-electron chi connectivity index (χ3n) is 27.0. The maximum absolute atomic E-state index is 8.49. The molecule has 0 radical (unpaired) electrons. The van der Waals surface area contributed by atoms with Crippen LogP contribution in [0.25, 0.3) is 252 Å². The molecule has 0 unspecified atom stereocenters. The van der Waals surface area contributed by atoms with Crippen LogP contribution in [0.4, 0.5) is 0 Å². The average molecular weight is 1690 g/mol. The molecule has 0 aliphatic rings. The number of fused-ring (bicyclic) bond motifs is 12. The van der Waals surface area contributed by atoms with Crippen LogP contribution in [0.5, 0.6) is 0 Å². The predicted octanol–water partition coefficient (Wildman–Crippen LogP) is 37.5. The highest BCUT2D eigenvalue weighted by Crippen LogP contribution is 2.51. The zero-order valence-corrected chi connectivity index (χ0v) is 73.2. The van der Waals surface area contributed by atoms with Gasteiger partial charge in [0, 0.05) is 0 Å². The Morgan fingerprint density at radius 3 is 0.692 bits per heavy atom. The lowest BCUT2D eigenvalue weighted by Gasteiger charge is -2.19. The molecule has 26 rings (SSSR count). The molecule has 0 fully saturated rings. The van der Waals surface area contributed by atoms with Gasteiger partial charge in [-0.15, -0.1) is 0 Å². The van der Waals surface area contributed by atoms with Crippen LogP contribution < -0.4 is 0 Å². The van der Waals surface area contributed by atoms with Crippen molar-refractivity contribution in [2.24, 2.45) is 0 Å². The highest BCUT2D eigenvalue weighted by Gasteiger charge is 2.24. The summed E-state index contributed by atoms with van der Waals surface area (Å²) in [5, 5.41) is 29.7. The molecule has 0 amide bonds. The van der Waals surface area contributed by atoms with E-state index in [1.54, 1.807) is 0 Å². The average Bonchev–Trinajstić information content (AvgIpc) is 0.730. The van der Waals surface area contributed by atoms with E-state index in [1.165, 1.54) is 213 Å². The topological polar surface area (TPSA) is 0 Å². The molecule has 26 aromatic carbocycles. The molecule has 26 aromatic rings. The van der Waals surface area contributed by atoms with Crippen LogP contribution in [0.15, 0.2) is 516 Å². The van der Waals surface area contributed by atoms with Gasteiger partial charge in [0.15, 0.2) is 0 Å². The molecule has 0 atom stereocenters. The minimum Gasteiger partial charge on any atom is -0.0622 e. The fourth-order valence-electron chi connectivity index (χ4n) is 20.8. The van der Waals surface area contributed by atoms with Crippen molar-refractivity contribution in [3.05, 3.63) is 521 Å². The summed E-state index contributed by atoms with van der Waals surface area (Å²) in [6.07, 6.45) is 0. The monoisotopic (exact) mass is 1690 g/mol. The Kier molecular flexibility index (Phi) is 18.9. The van der Waals surface area contributed by atoms with E-state index in [1.807, 2.05) is 24.3 Å². The van der Waals surface area contributed by atoms with E-state index in [4.69, 9.17) is 6.85 Å². The van der Waals surface area contributed by atoms with Crippen molar-refractivity contribution >= 4 is 129 Å². The van der Waals surface area contributed by atoms with Crippen molar-refractivity contribution in [3.63, 3.8) is 0 Å². The second-order valence-electron chi connectivity index (χ2n) is 34.8. The molecule has 0 saturated heterocycles. The van der Waals surface area contributed by atoms with E-state index in [-0.39, 0.29) is 35.8 Å². The van der Waals surface area contributed by atoms with Gasteiger partial charge in [0.1, 0.15) is 0 Å². The maximum atomic E-state index is 8.49. The first-order valence-electron chi connectivity index (χ1n) is 48.2. The molecule has 0 heteroatoms. The Morgan fingerprint density at radius 1 is 0.128 bits per heavy atom. The number of hydrogen-bond donors (Lipinski definition) is 0. The quantitative estimate of drug-likeness (QED) is 0.113. The van der Waals surface area contributed by atoms with Crippen LogP contribution in [-0.4, -0.2) is 0 Å². The smallest absolute Gasteiger partial charge is 0.0622 e. The molecule has 0 aromatic heterocycles. The molecule has 620 valence electrons. The first kappa shape index (κ1) is 73.8.